The molecule has 104 valence electrons. The minimum atomic E-state index is -0.0423. The molecule has 0 spiro atoms. The molecule has 6 heteroatoms. The number of hydrogen-bond acceptors (Lipinski definition) is 5. The highest BCUT2D eigenvalue weighted by atomic mass is 16.5. The number of nitrogens with zero attached hydrogens (tertiary/aromatic N) is 3. The summed E-state index contributed by atoms with van der Waals surface area (Å²) in [6, 6.07) is 1.79. The Bertz CT molecular complexity index is 448. The van der Waals surface area contributed by atoms with Gasteiger partial charge in [0.1, 0.15) is 5.76 Å². The number of piperazine rings is 1. The third kappa shape index (κ3) is 2.79. The normalized spacial score (nSPS) is 20.8. The largest absolute Gasteiger partial charge is 0.395 e. The van der Waals surface area contributed by atoms with Gasteiger partial charge in [-0.15, -0.1) is 0 Å². The highest BCUT2D eigenvalue weighted by Crippen LogP contribution is 2.40. The number of carbonyl (C=O) groups excluding carboxylic acids is 1. The lowest BCUT2D eigenvalue weighted by molar-refractivity contribution is 0.0605. The van der Waals surface area contributed by atoms with Crippen molar-refractivity contribution in [3.63, 3.8) is 0 Å². The van der Waals surface area contributed by atoms with Crippen LogP contribution >= 0.6 is 0 Å². The number of aromatic nitrogens is 1. The molecule has 1 aromatic heterocycles. The van der Waals surface area contributed by atoms with Gasteiger partial charge in [0.25, 0.3) is 5.91 Å². The number of amides is 1. The van der Waals surface area contributed by atoms with Gasteiger partial charge in [-0.2, -0.15) is 0 Å². The molecule has 1 N–H and O–H groups in total. The van der Waals surface area contributed by atoms with Crippen molar-refractivity contribution in [2.24, 2.45) is 0 Å². The molecule has 1 saturated carbocycles. The standard InChI is InChI=1S/C13H19N3O3/c17-8-7-15-3-5-16(6-4-15)13(18)11-9-12(19-14-11)10-1-2-10/h9-10,17H,1-8H2. The predicted molar refractivity (Wildman–Crippen MR) is 67.9 cm³/mol. The van der Waals surface area contributed by atoms with Crippen molar-refractivity contribution in [3.8, 4) is 0 Å². The molecule has 1 aliphatic carbocycles. The summed E-state index contributed by atoms with van der Waals surface area (Å²) in [4.78, 5) is 16.2. The average molecular weight is 265 g/mol. The van der Waals surface area contributed by atoms with Crippen LogP contribution in [0.1, 0.15) is 35.0 Å². The van der Waals surface area contributed by atoms with Gasteiger partial charge in [-0.05, 0) is 12.8 Å². The molecule has 19 heavy (non-hydrogen) atoms. The van der Waals surface area contributed by atoms with Gasteiger partial charge in [0, 0.05) is 44.7 Å². The second-order valence-corrected chi connectivity index (χ2v) is 5.25. The molecule has 0 atom stereocenters. The lowest BCUT2D eigenvalue weighted by atomic mass is 10.2. The maximum absolute atomic E-state index is 12.3. The maximum Gasteiger partial charge on any atom is 0.276 e. The third-order valence-electron chi connectivity index (χ3n) is 3.80. The van der Waals surface area contributed by atoms with Gasteiger partial charge >= 0.3 is 0 Å². The lowest BCUT2D eigenvalue weighted by Gasteiger charge is -2.33. The molecule has 2 heterocycles. The van der Waals surface area contributed by atoms with Crippen molar-refractivity contribution >= 4 is 5.91 Å². The first kappa shape index (κ1) is 12.6. The molecule has 3 rings (SSSR count). The van der Waals surface area contributed by atoms with Gasteiger partial charge in [-0.25, -0.2) is 0 Å². The zero-order valence-corrected chi connectivity index (χ0v) is 10.9. The summed E-state index contributed by atoms with van der Waals surface area (Å²) < 4.78 is 5.22. The molecular formula is C13H19N3O3. The van der Waals surface area contributed by atoms with Crippen molar-refractivity contribution in [2.45, 2.75) is 18.8 Å². The Labute approximate surface area is 112 Å². The maximum atomic E-state index is 12.3. The van der Waals surface area contributed by atoms with E-state index in [2.05, 4.69) is 10.1 Å². The molecule has 1 aliphatic heterocycles. The summed E-state index contributed by atoms with van der Waals surface area (Å²) >= 11 is 0. The molecule has 1 aromatic rings. The van der Waals surface area contributed by atoms with Crippen LogP contribution in [-0.4, -0.2) is 65.3 Å². The van der Waals surface area contributed by atoms with E-state index < -0.39 is 0 Å². The average Bonchev–Trinajstić information content (AvgIpc) is 3.17. The highest BCUT2D eigenvalue weighted by Gasteiger charge is 2.30. The monoisotopic (exact) mass is 265 g/mol. The van der Waals surface area contributed by atoms with Crippen LogP contribution in [0, 0.1) is 0 Å². The first-order valence-corrected chi connectivity index (χ1v) is 6.87. The summed E-state index contributed by atoms with van der Waals surface area (Å²) in [5.41, 5.74) is 0.428. The number of carbonyl (C=O) groups is 1. The fraction of sp³-hybridized carbons (Fsp3) is 0.692. The third-order valence-corrected chi connectivity index (χ3v) is 3.80. The van der Waals surface area contributed by atoms with E-state index >= 15 is 0 Å². The summed E-state index contributed by atoms with van der Waals surface area (Å²) in [6.45, 7) is 3.83. The second-order valence-electron chi connectivity index (χ2n) is 5.25. The van der Waals surface area contributed by atoms with Crippen LogP contribution in [-0.2, 0) is 0 Å². The van der Waals surface area contributed by atoms with E-state index in [1.54, 1.807) is 6.07 Å². The van der Waals surface area contributed by atoms with Gasteiger partial charge < -0.3 is 14.5 Å². The molecular weight excluding hydrogens is 246 g/mol. The Kier molecular flexibility index (Phi) is 3.52. The highest BCUT2D eigenvalue weighted by molar-refractivity contribution is 5.92. The molecule has 2 aliphatic rings. The van der Waals surface area contributed by atoms with Crippen LogP contribution in [0.4, 0.5) is 0 Å². The van der Waals surface area contributed by atoms with Crippen molar-refractivity contribution in [2.75, 3.05) is 39.3 Å². The Balaban J connectivity index is 1.57. The van der Waals surface area contributed by atoms with Crippen LogP contribution in [0.25, 0.3) is 0 Å². The zero-order valence-electron chi connectivity index (χ0n) is 10.9. The van der Waals surface area contributed by atoms with Crippen LogP contribution in [0.2, 0.25) is 0 Å². The zero-order chi connectivity index (χ0) is 13.2. The van der Waals surface area contributed by atoms with Crippen molar-refractivity contribution in [1.82, 2.24) is 15.0 Å². The van der Waals surface area contributed by atoms with Crippen molar-refractivity contribution in [1.29, 1.82) is 0 Å². The molecule has 1 amide bonds. The fourth-order valence-electron chi connectivity index (χ4n) is 2.43. The summed E-state index contributed by atoms with van der Waals surface area (Å²) in [6.07, 6.45) is 2.28. The molecule has 1 saturated heterocycles. The molecule has 0 aromatic carbocycles. The van der Waals surface area contributed by atoms with Gasteiger partial charge in [0.05, 0.1) is 6.61 Å². The summed E-state index contributed by atoms with van der Waals surface area (Å²) in [5, 5.41) is 12.8. The van der Waals surface area contributed by atoms with Crippen molar-refractivity contribution < 1.29 is 14.4 Å². The van der Waals surface area contributed by atoms with E-state index in [0.717, 1.165) is 31.7 Å². The van der Waals surface area contributed by atoms with Gasteiger partial charge in [-0.3, -0.25) is 9.69 Å². The van der Waals surface area contributed by atoms with Gasteiger partial charge in [-0.1, -0.05) is 5.16 Å². The summed E-state index contributed by atoms with van der Waals surface area (Å²) in [5.74, 6) is 1.29. The molecule has 2 fully saturated rings. The van der Waals surface area contributed by atoms with Crippen LogP contribution < -0.4 is 0 Å². The Morgan fingerprint density at radius 3 is 2.74 bits per heavy atom. The number of hydrogen-bond donors (Lipinski definition) is 1. The summed E-state index contributed by atoms with van der Waals surface area (Å²) in [7, 11) is 0. The Morgan fingerprint density at radius 2 is 2.11 bits per heavy atom. The SMILES string of the molecule is O=C(c1cc(C2CC2)on1)N1CCN(CCO)CC1. The molecule has 0 radical (unpaired) electrons. The topological polar surface area (TPSA) is 69.8 Å². The molecule has 0 bridgehead atoms. The fourth-order valence-corrected chi connectivity index (χ4v) is 2.43. The lowest BCUT2D eigenvalue weighted by Crippen LogP contribution is -2.49. The Morgan fingerprint density at radius 1 is 1.37 bits per heavy atom. The van der Waals surface area contributed by atoms with E-state index in [-0.39, 0.29) is 12.5 Å². The van der Waals surface area contributed by atoms with E-state index in [9.17, 15) is 4.79 Å². The van der Waals surface area contributed by atoms with Gasteiger partial charge in [0.2, 0.25) is 0 Å². The smallest absolute Gasteiger partial charge is 0.276 e. The number of rotatable bonds is 4. The Hall–Kier alpha value is -1.40. The number of aliphatic hydroxyl groups excluding tert-OH is 1. The van der Waals surface area contributed by atoms with E-state index in [1.165, 1.54) is 0 Å². The first-order valence-electron chi connectivity index (χ1n) is 6.87. The predicted octanol–water partition coefficient (Wildman–Crippen LogP) is 0.302. The van der Waals surface area contributed by atoms with Gasteiger partial charge in [0.15, 0.2) is 5.69 Å². The number of β-amino-alcohol motifs (C(OH)–C–C–N with tert-alkyl or cyclic N) is 1. The minimum Gasteiger partial charge on any atom is -0.395 e. The molecule has 0 unspecified atom stereocenters. The van der Waals surface area contributed by atoms with Crippen LogP contribution in [0.15, 0.2) is 10.6 Å². The van der Waals surface area contributed by atoms with Crippen molar-refractivity contribution in [3.05, 3.63) is 17.5 Å². The number of aliphatic hydroxyl groups is 1. The van der Waals surface area contributed by atoms with E-state index in [0.29, 0.717) is 31.2 Å². The van der Waals surface area contributed by atoms with Crippen LogP contribution in [0.3, 0.4) is 0 Å². The first-order chi connectivity index (χ1) is 9.28. The van der Waals surface area contributed by atoms with E-state index in [1.807, 2.05) is 4.90 Å². The second kappa shape index (κ2) is 5.30. The quantitative estimate of drug-likeness (QED) is 0.848. The molecule has 6 nitrogen and oxygen atoms in total. The van der Waals surface area contributed by atoms with E-state index in [4.69, 9.17) is 9.63 Å². The van der Waals surface area contributed by atoms with Crippen LogP contribution in [0.5, 0.6) is 0 Å². The minimum absolute atomic E-state index is 0.0423.